The van der Waals surface area contributed by atoms with Crippen molar-refractivity contribution in [3.05, 3.63) is 89.6 Å². The molecule has 1 aromatic heterocycles. The molecule has 3 aromatic rings. The topological polar surface area (TPSA) is 54.0 Å². The van der Waals surface area contributed by atoms with Crippen LogP contribution in [0, 0.1) is 6.92 Å². The third-order valence-corrected chi connectivity index (χ3v) is 4.16. The van der Waals surface area contributed by atoms with Crippen molar-refractivity contribution in [3.63, 3.8) is 0 Å². The Morgan fingerprint density at radius 1 is 1.04 bits per heavy atom. The van der Waals surface area contributed by atoms with E-state index in [1.165, 1.54) is 5.56 Å². The van der Waals surface area contributed by atoms with E-state index in [9.17, 15) is 4.79 Å². The first-order valence-corrected chi connectivity index (χ1v) is 8.73. The standard InChI is InChI=1S/C22H23N3O/c1-16-7-6-8-18(13-16)14-22(26)25-21-12-11-20(15-23-21)24-17(2)19-9-4-3-5-10-19/h3-13,15,17,24H,14H2,1-2H3,(H,23,25,26). The summed E-state index contributed by atoms with van der Waals surface area (Å²) in [5, 5.41) is 6.25. The van der Waals surface area contributed by atoms with Crippen LogP contribution < -0.4 is 10.6 Å². The Morgan fingerprint density at radius 2 is 1.85 bits per heavy atom. The second kappa shape index (κ2) is 8.30. The van der Waals surface area contributed by atoms with Gasteiger partial charge in [0.15, 0.2) is 0 Å². The molecule has 0 fully saturated rings. The minimum Gasteiger partial charge on any atom is -0.377 e. The summed E-state index contributed by atoms with van der Waals surface area (Å²) in [6.07, 6.45) is 2.08. The number of anilines is 2. The summed E-state index contributed by atoms with van der Waals surface area (Å²) in [6.45, 7) is 4.12. The Labute approximate surface area is 154 Å². The summed E-state index contributed by atoms with van der Waals surface area (Å²) in [6, 6.07) is 22.1. The van der Waals surface area contributed by atoms with Crippen molar-refractivity contribution in [1.82, 2.24) is 4.98 Å². The highest BCUT2D eigenvalue weighted by molar-refractivity contribution is 5.91. The van der Waals surface area contributed by atoms with Crippen LogP contribution >= 0.6 is 0 Å². The molecule has 0 radical (unpaired) electrons. The normalized spacial score (nSPS) is 11.6. The summed E-state index contributed by atoms with van der Waals surface area (Å²) in [7, 11) is 0. The van der Waals surface area contributed by atoms with Gasteiger partial charge in [0.2, 0.25) is 5.91 Å². The zero-order valence-electron chi connectivity index (χ0n) is 15.1. The maximum Gasteiger partial charge on any atom is 0.229 e. The van der Waals surface area contributed by atoms with E-state index in [-0.39, 0.29) is 11.9 Å². The van der Waals surface area contributed by atoms with E-state index in [1.54, 1.807) is 6.20 Å². The highest BCUT2D eigenvalue weighted by Crippen LogP contribution is 2.19. The SMILES string of the molecule is Cc1cccc(CC(=O)Nc2ccc(NC(C)c3ccccc3)cn2)c1. The Kier molecular flexibility index (Phi) is 5.64. The lowest BCUT2D eigenvalue weighted by Gasteiger charge is -2.15. The van der Waals surface area contributed by atoms with Gasteiger partial charge in [-0.2, -0.15) is 0 Å². The van der Waals surface area contributed by atoms with Crippen LogP contribution in [0.4, 0.5) is 11.5 Å². The second-order valence-electron chi connectivity index (χ2n) is 6.42. The predicted molar refractivity (Wildman–Crippen MR) is 106 cm³/mol. The van der Waals surface area contributed by atoms with Crippen molar-refractivity contribution in [3.8, 4) is 0 Å². The predicted octanol–water partition coefficient (Wildman–Crippen LogP) is 4.74. The zero-order valence-corrected chi connectivity index (χ0v) is 15.1. The Morgan fingerprint density at radius 3 is 2.54 bits per heavy atom. The number of rotatable bonds is 6. The smallest absolute Gasteiger partial charge is 0.229 e. The first-order valence-electron chi connectivity index (χ1n) is 8.73. The van der Waals surface area contributed by atoms with Gasteiger partial charge in [0, 0.05) is 6.04 Å². The molecule has 1 unspecified atom stereocenters. The van der Waals surface area contributed by atoms with Gasteiger partial charge < -0.3 is 10.6 Å². The lowest BCUT2D eigenvalue weighted by atomic mass is 10.1. The van der Waals surface area contributed by atoms with E-state index >= 15 is 0 Å². The molecule has 4 heteroatoms. The summed E-state index contributed by atoms with van der Waals surface area (Å²) < 4.78 is 0. The van der Waals surface area contributed by atoms with Crippen LogP contribution in [-0.4, -0.2) is 10.9 Å². The molecule has 0 spiro atoms. The summed E-state index contributed by atoms with van der Waals surface area (Å²) >= 11 is 0. The van der Waals surface area contributed by atoms with Gasteiger partial charge in [0.05, 0.1) is 18.3 Å². The number of aromatic nitrogens is 1. The van der Waals surface area contributed by atoms with Crippen LogP contribution in [0.2, 0.25) is 0 Å². The van der Waals surface area contributed by atoms with Gasteiger partial charge in [-0.25, -0.2) is 4.98 Å². The monoisotopic (exact) mass is 345 g/mol. The van der Waals surface area contributed by atoms with Gasteiger partial charge >= 0.3 is 0 Å². The third kappa shape index (κ3) is 4.93. The van der Waals surface area contributed by atoms with Gasteiger partial charge in [-0.05, 0) is 37.1 Å². The van der Waals surface area contributed by atoms with E-state index in [2.05, 4.69) is 34.7 Å². The summed E-state index contributed by atoms with van der Waals surface area (Å²) in [4.78, 5) is 16.5. The van der Waals surface area contributed by atoms with Crippen molar-refractivity contribution >= 4 is 17.4 Å². The van der Waals surface area contributed by atoms with Crippen molar-refractivity contribution in [2.75, 3.05) is 10.6 Å². The van der Waals surface area contributed by atoms with Crippen molar-refractivity contribution in [2.24, 2.45) is 0 Å². The maximum absolute atomic E-state index is 12.2. The maximum atomic E-state index is 12.2. The summed E-state index contributed by atoms with van der Waals surface area (Å²) in [5.41, 5.74) is 4.27. The number of hydrogen-bond acceptors (Lipinski definition) is 3. The first kappa shape index (κ1) is 17.7. The van der Waals surface area contributed by atoms with E-state index < -0.39 is 0 Å². The van der Waals surface area contributed by atoms with Crippen LogP contribution in [0.5, 0.6) is 0 Å². The van der Waals surface area contributed by atoms with Crippen LogP contribution in [0.15, 0.2) is 72.9 Å². The van der Waals surface area contributed by atoms with Crippen molar-refractivity contribution < 1.29 is 4.79 Å². The van der Waals surface area contributed by atoms with Gasteiger partial charge in [0.1, 0.15) is 5.82 Å². The largest absolute Gasteiger partial charge is 0.377 e. The molecular weight excluding hydrogens is 322 g/mol. The van der Waals surface area contributed by atoms with E-state index in [1.807, 2.05) is 61.5 Å². The van der Waals surface area contributed by atoms with Crippen LogP contribution in [0.3, 0.4) is 0 Å². The van der Waals surface area contributed by atoms with Gasteiger partial charge in [-0.15, -0.1) is 0 Å². The highest BCUT2D eigenvalue weighted by atomic mass is 16.1. The molecule has 1 heterocycles. The van der Waals surface area contributed by atoms with E-state index in [0.29, 0.717) is 12.2 Å². The number of hydrogen-bond donors (Lipinski definition) is 2. The number of amides is 1. The van der Waals surface area contributed by atoms with E-state index in [4.69, 9.17) is 0 Å². The van der Waals surface area contributed by atoms with Crippen LogP contribution in [0.1, 0.15) is 29.7 Å². The number of pyridine rings is 1. The molecule has 3 rings (SSSR count). The lowest BCUT2D eigenvalue weighted by Crippen LogP contribution is -2.15. The van der Waals surface area contributed by atoms with E-state index in [0.717, 1.165) is 16.8 Å². The number of carbonyl (C=O) groups excluding carboxylic acids is 1. The molecule has 132 valence electrons. The van der Waals surface area contributed by atoms with Crippen LogP contribution in [-0.2, 0) is 11.2 Å². The molecule has 4 nitrogen and oxygen atoms in total. The number of carbonyl (C=O) groups is 1. The fourth-order valence-corrected chi connectivity index (χ4v) is 2.82. The molecule has 2 aromatic carbocycles. The molecule has 0 aliphatic carbocycles. The molecule has 0 aliphatic rings. The average molecular weight is 345 g/mol. The van der Waals surface area contributed by atoms with Crippen LogP contribution in [0.25, 0.3) is 0 Å². The minimum absolute atomic E-state index is 0.0681. The fourth-order valence-electron chi connectivity index (χ4n) is 2.82. The van der Waals surface area contributed by atoms with Crippen molar-refractivity contribution in [1.29, 1.82) is 0 Å². The number of benzene rings is 2. The fraction of sp³-hybridized carbons (Fsp3) is 0.182. The Bertz CT molecular complexity index is 860. The molecule has 0 saturated heterocycles. The zero-order chi connectivity index (χ0) is 18.4. The summed E-state index contributed by atoms with van der Waals surface area (Å²) in [5.74, 6) is 0.488. The first-order chi connectivity index (χ1) is 12.6. The van der Waals surface area contributed by atoms with Gasteiger partial charge in [-0.3, -0.25) is 4.79 Å². The molecule has 0 aliphatic heterocycles. The molecular formula is C22H23N3O. The number of nitrogens with zero attached hydrogens (tertiary/aromatic N) is 1. The quantitative estimate of drug-likeness (QED) is 0.678. The van der Waals surface area contributed by atoms with Gasteiger partial charge in [-0.1, -0.05) is 60.2 Å². The van der Waals surface area contributed by atoms with Gasteiger partial charge in [0.25, 0.3) is 0 Å². The Hall–Kier alpha value is -3.14. The number of aryl methyl sites for hydroxylation is 1. The molecule has 26 heavy (non-hydrogen) atoms. The Balaban J connectivity index is 1.56. The average Bonchev–Trinajstić information content (AvgIpc) is 2.64. The molecule has 1 amide bonds. The number of nitrogens with one attached hydrogen (secondary N) is 2. The molecule has 1 atom stereocenters. The molecule has 2 N–H and O–H groups in total. The second-order valence-corrected chi connectivity index (χ2v) is 6.42. The molecule has 0 saturated carbocycles. The molecule has 0 bridgehead atoms. The third-order valence-electron chi connectivity index (χ3n) is 4.16. The lowest BCUT2D eigenvalue weighted by molar-refractivity contribution is -0.115. The minimum atomic E-state index is -0.0681. The highest BCUT2D eigenvalue weighted by Gasteiger charge is 2.07. The van der Waals surface area contributed by atoms with Crippen molar-refractivity contribution in [2.45, 2.75) is 26.3 Å².